The van der Waals surface area contributed by atoms with Crippen molar-refractivity contribution in [2.45, 2.75) is 32.9 Å². The van der Waals surface area contributed by atoms with Crippen LogP contribution in [0.25, 0.3) is 0 Å². The highest BCUT2D eigenvalue weighted by Crippen LogP contribution is 2.01. The molecule has 3 nitrogen and oxygen atoms in total. The second-order valence-corrected chi connectivity index (χ2v) is 5.23. The maximum absolute atomic E-state index is 10.7. The molecule has 0 saturated carbocycles. The van der Waals surface area contributed by atoms with Crippen LogP contribution in [0.3, 0.4) is 0 Å². The highest BCUT2D eigenvalue weighted by atomic mass is 32.2. The van der Waals surface area contributed by atoms with E-state index < -0.39 is 17.0 Å². The summed E-state index contributed by atoms with van der Waals surface area (Å²) in [5, 5.41) is 12.2. The van der Waals surface area contributed by atoms with Crippen molar-refractivity contribution in [1.82, 2.24) is 5.32 Å². The minimum absolute atomic E-state index is 0. The van der Waals surface area contributed by atoms with Gasteiger partial charge in [0.25, 0.3) is 0 Å². The molecule has 2 unspecified atom stereocenters. The summed E-state index contributed by atoms with van der Waals surface area (Å²) >= 11 is 0. The minimum Gasteiger partial charge on any atom is -0.378 e. The maximum Gasteiger partial charge on any atom is 0.116 e. The quantitative estimate of drug-likeness (QED) is 0.485. The molecule has 0 bridgehead atoms. The summed E-state index contributed by atoms with van der Waals surface area (Å²) < 4.78 is 10.7. The Hall–Kier alpha value is 0.0700. The summed E-state index contributed by atoms with van der Waals surface area (Å²) in [7, 11) is -0.922. The SMILES string of the molecule is CC(C)CCCNC(O)CS(C)=O.[HH]. The fourth-order valence-corrected chi connectivity index (χ4v) is 1.62. The third kappa shape index (κ3) is 9.99. The number of hydrogen-bond acceptors (Lipinski definition) is 3. The topological polar surface area (TPSA) is 49.3 Å². The van der Waals surface area contributed by atoms with E-state index >= 15 is 0 Å². The summed E-state index contributed by atoms with van der Waals surface area (Å²) in [5.74, 6) is 1.03. The Morgan fingerprint density at radius 2 is 2.15 bits per heavy atom. The van der Waals surface area contributed by atoms with Crippen LogP contribution in [-0.2, 0) is 10.8 Å². The van der Waals surface area contributed by atoms with E-state index in [1.807, 2.05) is 0 Å². The standard InChI is InChI=1S/C9H21NO2S.H2/c1-8(2)5-4-6-10-9(11)7-13(3)12;/h8-11H,4-7H2,1-3H3;1H. The molecular weight excluding hydrogens is 186 g/mol. The number of aliphatic hydroxyl groups is 1. The van der Waals surface area contributed by atoms with Crippen LogP contribution in [0.15, 0.2) is 0 Å². The molecule has 0 aliphatic rings. The second-order valence-electron chi connectivity index (χ2n) is 3.75. The Balaban J connectivity index is 0. The molecule has 0 radical (unpaired) electrons. The van der Waals surface area contributed by atoms with E-state index in [0.29, 0.717) is 11.7 Å². The van der Waals surface area contributed by atoms with Crippen molar-refractivity contribution in [2.24, 2.45) is 5.92 Å². The molecule has 0 aromatic rings. The molecule has 0 fully saturated rings. The third-order valence-corrected chi connectivity index (χ3v) is 2.52. The summed E-state index contributed by atoms with van der Waals surface area (Å²) in [5.41, 5.74) is 0. The summed E-state index contributed by atoms with van der Waals surface area (Å²) in [4.78, 5) is 0. The summed E-state index contributed by atoms with van der Waals surface area (Å²) in [6.45, 7) is 5.16. The van der Waals surface area contributed by atoms with Crippen LogP contribution in [-0.4, -0.2) is 34.1 Å². The molecule has 0 spiro atoms. The summed E-state index contributed by atoms with van der Waals surface area (Å²) in [6, 6.07) is 0. The van der Waals surface area contributed by atoms with Gasteiger partial charge in [0.15, 0.2) is 0 Å². The molecule has 2 N–H and O–H groups in total. The Morgan fingerprint density at radius 1 is 1.54 bits per heavy atom. The zero-order valence-corrected chi connectivity index (χ0v) is 9.56. The molecule has 82 valence electrons. The average molecular weight is 209 g/mol. The van der Waals surface area contributed by atoms with Gasteiger partial charge in [-0.05, 0) is 25.3 Å². The van der Waals surface area contributed by atoms with Gasteiger partial charge in [-0.2, -0.15) is 0 Å². The minimum atomic E-state index is -0.922. The highest BCUT2D eigenvalue weighted by Gasteiger charge is 2.04. The Labute approximate surface area is 84.9 Å². The molecule has 0 saturated heterocycles. The van der Waals surface area contributed by atoms with Gasteiger partial charge in [0.1, 0.15) is 6.23 Å². The van der Waals surface area contributed by atoms with Crippen LogP contribution in [0.4, 0.5) is 0 Å². The van der Waals surface area contributed by atoms with Gasteiger partial charge < -0.3 is 5.11 Å². The van der Waals surface area contributed by atoms with Gasteiger partial charge >= 0.3 is 0 Å². The predicted octanol–water partition coefficient (Wildman–Crippen LogP) is 0.955. The molecule has 13 heavy (non-hydrogen) atoms. The van der Waals surface area contributed by atoms with Crippen LogP contribution >= 0.6 is 0 Å². The highest BCUT2D eigenvalue weighted by molar-refractivity contribution is 7.84. The van der Waals surface area contributed by atoms with Crippen LogP contribution in [0, 0.1) is 5.92 Å². The van der Waals surface area contributed by atoms with E-state index in [4.69, 9.17) is 0 Å². The first-order chi connectivity index (χ1) is 6.02. The Morgan fingerprint density at radius 3 is 2.62 bits per heavy atom. The van der Waals surface area contributed by atoms with Gasteiger partial charge in [0.05, 0.1) is 5.75 Å². The third-order valence-electron chi connectivity index (χ3n) is 1.73. The van der Waals surface area contributed by atoms with Crippen molar-refractivity contribution in [3.63, 3.8) is 0 Å². The van der Waals surface area contributed by atoms with Crippen molar-refractivity contribution < 1.29 is 10.7 Å². The first-order valence-electron chi connectivity index (χ1n) is 4.74. The van der Waals surface area contributed by atoms with Crippen LogP contribution in [0.1, 0.15) is 28.1 Å². The van der Waals surface area contributed by atoms with Gasteiger partial charge in [0, 0.05) is 18.5 Å². The van der Waals surface area contributed by atoms with Crippen LogP contribution in [0.5, 0.6) is 0 Å². The van der Waals surface area contributed by atoms with Crippen molar-refractivity contribution in [1.29, 1.82) is 0 Å². The average Bonchev–Trinajstić information content (AvgIpc) is 1.96. The Kier molecular flexibility index (Phi) is 7.51. The normalized spacial score (nSPS) is 16.1. The molecule has 0 rings (SSSR count). The van der Waals surface area contributed by atoms with Gasteiger partial charge in [-0.15, -0.1) is 0 Å². The predicted molar refractivity (Wildman–Crippen MR) is 59.1 cm³/mol. The zero-order valence-electron chi connectivity index (χ0n) is 8.75. The van der Waals surface area contributed by atoms with Crippen LogP contribution in [0.2, 0.25) is 0 Å². The molecule has 0 aromatic heterocycles. The van der Waals surface area contributed by atoms with E-state index in [1.165, 1.54) is 0 Å². The van der Waals surface area contributed by atoms with Crippen molar-refractivity contribution >= 4 is 10.8 Å². The van der Waals surface area contributed by atoms with Gasteiger partial charge in [-0.25, -0.2) is 0 Å². The van der Waals surface area contributed by atoms with Gasteiger partial charge in [-0.3, -0.25) is 9.53 Å². The lowest BCUT2D eigenvalue weighted by molar-refractivity contribution is 0.159. The fraction of sp³-hybridized carbons (Fsp3) is 1.00. The Bertz CT molecular complexity index is 156. The monoisotopic (exact) mass is 209 g/mol. The molecule has 0 aliphatic heterocycles. The van der Waals surface area contributed by atoms with E-state index in [9.17, 15) is 9.32 Å². The zero-order chi connectivity index (χ0) is 10.3. The van der Waals surface area contributed by atoms with E-state index in [2.05, 4.69) is 19.2 Å². The first-order valence-corrected chi connectivity index (χ1v) is 6.46. The van der Waals surface area contributed by atoms with Crippen LogP contribution < -0.4 is 5.32 Å². The molecule has 2 atom stereocenters. The summed E-state index contributed by atoms with van der Waals surface area (Å²) in [6.07, 6.45) is 3.21. The molecule has 0 amide bonds. The maximum atomic E-state index is 10.7. The lowest BCUT2D eigenvalue weighted by atomic mass is 10.1. The first kappa shape index (κ1) is 13.1. The molecule has 0 aromatic carbocycles. The van der Waals surface area contributed by atoms with Gasteiger partial charge in [-0.1, -0.05) is 13.8 Å². The van der Waals surface area contributed by atoms with Crippen molar-refractivity contribution in [3.8, 4) is 0 Å². The number of aliphatic hydroxyl groups excluding tert-OH is 1. The molecule has 4 heteroatoms. The van der Waals surface area contributed by atoms with E-state index in [0.717, 1.165) is 19.4 Å². The number of nitrogens with one attached hydrogen (secondary N) is 1. The lowest BCUT2D eigenvalue weighted by Crippen LogP contribution is -2.34. The largest absolute Gasteiger partial charge is 0.378 e. The fourth-order valence-electron chi connectivity index (χ4n) is 1.06. The van der Waals surface area contributed by atoms with E-state index in [1.54, 1.807) is 6.26 Å². The molecule has 0 aliphatic carbocycles. The number of hydrogen-bond donors (Lipinski definition) is 2. The molecular formula is C9H23NO2S. The second kappa shape index (κ2) is 7.47. The van der Waals surface area contributed by atoms with Crippen molar-refractivity contribution in [3.05, 3.63) is 0 Å². The smallest absolute Gasteiger partial charge is 0.116 e. The number of rotatable bonds is 7. The van der Waals surface area contributed by atoms with Gasteiger partial charge in [0.2, 0.25) is 0 Å². The van der Waals surface area contributed by atoms with E-state index in [-0.39, 0.29) is 1.43 Å². The molecule has 0 heterocycles. The van der Waals surface area contributed by atoms with Crippen molar-refractivity contribution in [2.75, 3.05) is 18.6 Å². The lowest BCUT2D eigenvalue weighted by Gasteiger charge is -2.11.